The average molecular weight is 575 g/mol. The minimum Gasteiger partial charge on any atom is -0.292 e. The molecular weight excluding hydrogens is 544 g/mol. The van der Waals surface area contributed by atoms with Crippen LogP contribution in [-0.4, -0.2) is 9.55 Å². The fraction of sp³-hybridized carbons (Fsp3) is 0. The lowest BCUT2D eigenvalue weighted by atomic mass is 9.85. The molecule has 0 aliphatic heterocycles. The van der Waals surface area contributed by atoms with Crippen molar-refractivity contribution < 1.29 is 0 Å². The van der Waals surface area contributed by atoms with E-state index < -0.39 is 0 Å². The van der Waals surface area contributed by atoms with Crippen molar-refractivity contribution in [2.24, 2.45) is 0 Å². The van der Waals surface area contributed by atoms with Gasteiger partial charge in [0.1, 0.15) is 5.82 Å². The summed E-state index contributed by atoms with van der Waals surface area (Å²) in [6.45, 7) is 7.98. The van der Waals surface area contributed by atoms with Crippen LogP contribution in [0.3, 0.4) is 0 Å². The Morgan fingerprint density at radius 1 is 0.533 bits per heavy atom. The predicted octanol–water partition coefficient (Wildman–Crippen LogP) is 11.7. The summed E-state index contributed by atoms with van der Waals surface area (Å²) in [5.74, 6) is 0.872. The molecular formula is C43H30N2. The highest BCUT2D eigenvalue weighted by Crippen LogP contribution is 2.44. The van der Waals surface area contributed by atoms with Crippen molar-refractivity contribution in [3.8, 4) is 33.6 Å². The molecule has 0 amide bonds. The second-order valence-electron chi connectivity index (χ2n) is 11.3. The molecule has 1 heterocycles. The first-order chi connectivity index (χ1) is 22.2. The van der Waals surface area contributed by atoms with Crippen LogP contribution in [0.15, 0.2) is 171 Å². The SMILES string of the molecule is C=CC=C(C=C)n1c(-c2ccc(-c3c4ccccc4c(-c4ccc5ccccc5c4)c4ccccc34)cc2)nc2ccccc21. The maximum absolute atomic E-state index is 5.04. The van der Waals surface area contributed by atoms with Crippen LogP contribution in [0.2, 0.25) is 0 Å². The summed E-state index contributed by atoms with van der Waals surface area (Å²) in [6.07, 6.45) is 5.61. The van der Waals surface area contributed by atoms with Crippen molar-refractivity contribution in [2.45, 2.75) is 0 Å². The zero-order chi connectivity index (χ0) is 30.3. The monoisotopic (exact) mass is 574 g/mol. The van der Waals surface area contributed by atoms with E-state index in [-0.39, 0.29) is 0 Å². The second kappa shape index (κ2) is 10.9. The van der Waals surface area contributed by atoms with E-state index in [1.54, 1.807) is 6.08 Å². The first-order valence-electron chi connectivity index (χ1n) is 15.2. The summed E-state index contributed by atoms with van der Waals surface area (Å²) < 4.78 is 2.15. The fourth-order valence-corrected chi connectivity index (χ4v) is 6.72. The molecule has 0 unspecified atom stereocenters. The smallest absolute Gasteiger partial charge is 0.145 e. The lowest BCUT2D eigenvalue weighted by Gasteiger charge is -2.18. The lowest BCUT2D eigenvalue weighted by Crippen LogP contribution is -1.98. The number of imidazole rings is 1. The van der Waals surface area contributed by atoms with Crippen LogP contribution in [-0.2, 0) is 0 Å². The van der Waals surface area contributed by atoms with Crippen LogP contribution >= 0.6 is 0 Å². The van der Waals surface area contributed by atoms with Crippen LogP contribution in [0.1, 0.15) is 0 Å². The highest BCUT2D eigenvalue weighted by atomic mass is 15.1. The van der Waals surface area contributed by atoms with Crippen molar-refractivity contribution in [3.05, 3.63) is 171 Å². The van der Waals surface area contributed by atoms with Gasteiger partial charge in [0.05, 0.1) is 11.0 Å². The summed E-state index contributed by atoms with van der Waals surface area (Å²) in [4.78, 5) is 5.04. The third kappa shape index (κ3) is 4.39. The molecule has 8 rings (SSSR count). The average Bonchev–Trinajstić information content (AvgIpc) is 3.49. The molecule has 0 saturated heterocycles. The normalized spacial score (nSPS) is 11.9. The number of hydrogen-bond acceptors (Lipinski definition) is 1. The van der Waals surface area contributed by atoms with E-state index in [0.29, 0.717) is 0 Å². The van der Waals surface area contributed by atoms with E-state index >= 15 is 0 Å². The topological polar surface area (TPSA) is 17.8 Å². The molecule has 1 aromatic heterocycles. The van der Waals surface area contributed by atoms with Gasteiger partial charge in [-0.3, -0.25) is 4.57 Å². The molecule has 0 spiro atoms. The van der Waals surface area contributed by atoms with Crippen molar-refractivity contribution in [1.82, 2.24) is 9.55 Å². The molecule has 45 heavy (non-hydrogen) atoms. The van der Waals surface area contributed by atoms with Gasteiger partial charge < -0.3 is 0 Å². The van der Waals surface area contributed by atoms with Gasteiger partial charge in [-0.2, -0.15) is 0 Å². The van der Waals surface area contributed by atoms with Crippen LogP contribution in [0.25, 0.3) is 82.7 Å². The summed E-state index contributed by atoms with van der Waals surface area (Å²) >= 11 is 0. The van der Waals surface area contributed by atoms with Gasteiger partial charge in [-0.15, -0.1) is 0 Å². The lowest BCUT2D eigenvalue weighted by molar-refractivity contribution is 1.15. The summed E-state index contributed by atoms with van der Waals surface area (Å²) in [5.41, 5.74) is 8.85. The largest absolute Gasteiger partial charge is 0.292 e. The molecule has 2 nitrogen and oxygen atoms in total. The van der Waals surface area contributed by atoms with Gasteiger partial charge >= 0.3 is 0 Å². The van der Waals surface area contributed by atoms with Gasteiger partial charge in [0.15, 0.2) is 0 Å². The highest BCUT2D eigenvalue weighted by molar-refractivity contribution is 6.21. The van der Waals surface area contributed by atoms with Gasteiger partial charge in [-0.05, 0) is 84.9 Å². The number of hydrogen-bond donors (Lipinski definition) is 0. The molecule has 0 saturated carbocycles. The van der Waals surface area contributed by atoms with Gasteiger partial charge in [0.25, 0.3) is 0 Å². The molecule has 0 atom stereocenters. The quantitative estimate of drug-likeness (QED) is 0.143. The van der Waals surface area contributed by atoms with E-state index in [1.165, 1.54) is 54.6 Å². The Hall–Kier alpha value is -5.99. The van der Waals surface area contributed by atoms with Crippen molar-refractivity contribution in [1.29, 1.82) is 0 Å². The minimum absolute atomic E-state index is 0.872. The molecule has 0 aliphatic carbocycles. The Morgan fingerprint density at radius 3 is 1.71 bits per heavy atom. The van der Waals surface area contributed by atoms with Crippen LogP contribution in [0.5, 0.6) is 0 Å². The van der Waals surface area contributed by atoms with E-state index in [2.05, 4.69) is 139 Å². The molecule has 212 valence electrons. The fourth-order valence-electron chi connectivity index (χ4n) is 6.72. The maximum atomic E-state index is 5.04. The molecule has 0 radical (unpaired) electrons. The van der Waals surface area contributed by atoms with Crippen molar-refractivity contribution >= 4 is 49.0 Å². The Morgan fingerprint density at radius 2 is 1.07 bits per heavy atom. The Bertz CT molecular complexity index is 2400. The molecule has 0 aliphatic rings. The third-order valence-corrected chi connectivity index (χ3v) is 8.72. The van der Waals surface area contributed by atoms with Crippen LogP contribution in [0.4, 0.5) is 0 Å². The van der Waals surface area contributed by atoms with E-state index in [9.17, 15) is 0 Å². The van der Waals surface area contributed by atoms with Crippen LogP contribution in [0, 0.1) is 0 Å². The number of aromatic nitrogens is 2. The minimum atomic E-state index is 0.872. The number of fused-ring (bicyclic) bond motifs is 4. The standard InChI is InChI=1S/C43H30N2/c1-3-13-34(4-2)45-40-21-12-11-20-39(40)44-43(45)31-25-23-30(24-26-31)41-35-16-7-9-18-37(35)42(38-19-10-8-17-36(38)41)33-27-22-29-14-5-6-15-32(29)28-33/h3-28H,1-2H2. The Balaban J connectivity index is 1.34. The van der Waals surface area contributed by atoms with Crippen molar-refractivity contribution in [3.63, 3.8) is 0 Å². The number of benzene rings is 7. The van der Waals surface area contributed by atoms with E-state index in [0.717, 1.165) is 28.1 Å². The first kappa shape index (κ1) is 26.6. The zero-order valence-electron chi connectivity index (χ0n) is 24.8. The molecule has 0 bridgehead atoms. The number of para-hydroxylation sites is 2. The predicted molar refractivity (Wildman–Crippen MR) is 193 cm³/mol. The zero-order valence-corrected chi connectivity index (χ0v) is 24.8. The van der Waals surface area contributed by atoms with Gasteiger partial charge in [-0.1, -0.05) is 141 Å². The molecule has 8 aromatic rings. The summed E-state index contributed by atoms with van der Waals surface area (Å²) in [5, 5.41) is 7.47. The van der Waals surface area contributed by atoms with Gasteiger partial charge in [-0.25, -0.2) is 4.98 Å². The number of allylic oxidation sites excluding steroid dienone is 4. The van der Waals surface area contributed by atoms with Gasteiger partial charge in [0, 0.05) is 11.3 Å². The van der Waals surface area contributed by atoms with E-state index in [1.807, 2.05) is 30.4 Å². The number of rotatable bonds is 6. The van der Waals surface area contributed by atoms with Crippen LogP contribution < -0.4 is 0 Å². The number of nitrogens with zero attached hydrogens (tertiary/aromatic N) is 2. The molecule has 7 aromatic carbocycles. The van der Waals surface area contributed by atoms with E-state index in [4.69, 9.17) is 4.98 Å². The third-order valence-electron chi connectivity index (χ3n) is 8.72. The molecule has 0 N–H and O–H groups in total. The van der Waals surface area contributed by atoms with Gasteiger partial charge in [0.2, 0.25) is 0 Å². The Kier molecular flexibility index (Phi) is 6.47. The molecule has 0 fully saturated rings. The molecule has 2 heteroatoms. The second-order valence-corrected chi connectivity index (χ2v) is 11.3. The maximum Gasteiger partial charge on any atom is 0.145 e. The summed E-state index contributed by atoms with van der Waals surface area (Å²) in [7, 11) is 0. The highest BCUT2D eigenvalue weighted by Gasteiger charge is 2.18. The Labute approximate surface area is 262 Å². The summed E-state index contributed by atoms with van der Waals surface area (Å²) in [6, 6.07) is 50.0. The van der Waals surface area contributed by atoms with Crippen molar-refractivity contribution in [2.75, 3.05) is 0 Å². The first-order valence-corrected chi connectivity index (χ1v) is 15.2.